The molecule has 0 spiro atoms. The van der Waals surface area contributed by atoms with E-state index in [4.69, 9.17) is 0 Å². The molecule has 2 aromatic heterocycles. The third kappa shape index (κ3) is 2.63. The lowest BCUT2D eigenvalue weighted by Gasteiger charge is -2.34. The standard InChI is InChI=1S/C15H23N5/c1-3-16-9-13-5-4-6-19(10-13)15-8-12(2)7-14-17-11-18-20(14)15/h7-8,11,13,16H,3-6,9-10H2,1-2H3. The minimum absolute atomic E-state index is 0.725. The van der Waals surface area contributed by atoms with E-state index in [1.54, 1.807) is 6.33 Å². The molecule has 1 aliphatic heterocycles. The van der Waals surface area contributed by atoms with Crippen molar-refractivity contribution in [1.82, 2.24) is 19.9 Å². The summed E-state index contributed by atoms with van der Waals surface area (Å²) in [6, 6.07) is 4.30. The molecule has 5 heteroatoms. The predicted octanol–water partition coefficient (Wildman–Crippen LogP) is 1.86. The number of rotatable bonds is 4. The molecule has 0 amide bonds. The van der Waals surface area contributed by atoms with Gasteiger partial charge >= 0.3 is 0 Å². The molecule has 0 aromatic carbocycles. The lowest BCUT2D eigenvalue weighted by molar-refractivity contribution is 0.393. The van der Waals surface area contributed by atoms with E-state index < -0.39 is 0 Å². The fourth-order valence-corrected chi connectivity index (χ4v) is 3.05. The van der Waals surface area contributed by atoms with Crippen molar-refractivity contribution in [3.8, 4) is 0 Å². The number of anilines is 1. The van der Waals surface area contributed by atoms with Crippen LogP contribution in [0, 0.1) is 12.8 Å². The molecule has 2 aromatic rings. The zero-order valence-electron chi connectivity index (χ0n) is 12.3. The number of aryl methyl sites for hydroxylation is 1. The highest BCUT2D eigenvalue weighted by atomic mass is 15.4. The second kappa shape index (κ2) is 5.79. The molecule has 0 radical (unpaired) electrons. The maximum absolute atomic E-state index is 4.37. The van der Waals surface area contributed by atoms with E-state index >= 15 is 0 Å². The van der Waals surface area contributed by atoms with Crippen molar-refractivity contribution in [1.29, 1.82) is 0 Å². The van der Waals surface area contributed by atoms with E-state index in [-0.39, 0.29) is 0 Å². The number of hydrogen-bond donors (Lipinski definition) is 1. The van der Waals surface area contributed by atoms with Crippen molar-refractivity contribution in [2.45, 2.75) is 26.7 Å². The Morgan fingerprint density at radius 2 is 2.30 bits per heavy atom. The molecule has 5 nitrogen and oxygen atoms in total. The molecule has 1 aliphatic rings. The molecule has 3 heterocycles. The van der Waals surface area contributed by atoms with Crippen molar-refractivity contribution in [2.75, 3.05) is 31.1 Å². The summed E-state index contributed by atoms with van der Waals surface area (Å²) in [6.07, 6.45) is 4.20. The first-order valence-corrected chi connectivity index (χ1v) is 7.54. The van der Waals surface area contributed by atoms with Crippen molar-refractivity contribution in [3.05, 3.63) is 24.0 Å². The number of pyridine rings is 1. The molecule has 1 unspecified atom stereocenters. The topological polar surface area (TPSA) is 45.5 Å². The van der Waals surface area contributed by atoms with Crippen molar-refractivity contribution < 1.29 is 0 Å². The van der Waals surface area contributed by atoms with Gasteiger partial charge in [0.2, 0.25) is 0 Å². The van der Waals surface area contributed by atoms with Crippen LogP contribution in [0.1, 0.15) is 25.3 Å². The molecule has 1 atom stereocenters. The highest BCUT2D eigenvalue weighted by molar-refractivity contribution is 5.53. The van der Waals surface area contributed by atoms with Crippen LogP contribution in [0.2, 0.25) is 0 Å². The van der Waals surface area contributed by atoms with Crippen LogP contribution >= 0.6 is 0 Å². The summed E-state index contributed by atoms with van der Waals surface area (Å²) in [5.41, 5.74) is 2.18. The minimum atomic E-state index is 0.725. The molecule has 108 valence electrons. The number of aromatic nitrogens is 3. The second-order valence-electron chi connectivity index (χ2n) is 5.68. The van der Waals surface area contributed by atoms with Gasteiger partial charge in [0.15, 0.2) is 5.65 Å². The molecule has 1 saturated heterocycles. The summed E-state index contributed by atoms with van der Waals surface area (Å²) in [7, 11) is 0. The lowest BCUT2D eigenvalue weighted by atomic mass is 9.98. The van der Waals surface area contributed by atoms with Crippen LogP contribution in [0.15, 0.2) is 18.5 Å². The molecule has 0 bridgehead atoms. The van der Waals surface area contributed by atoms with Gasteiger partial charge in [-0.25, -0.2) is 4.98 Å². The smallest absolute Gasteiger partial charge is 0.157 e. The Hall–Kier alpha value is -1.62. The quantitative estimate of drug-likeness (QED) is 0.923. The highest BCUT2D eigenvalue weighted by Gasteiger charge is 2.21. The van der Waals surface area contributed by atoms with Gasteiger partial charge in [-0.15, -0.1) is 0 Å². The van der Waals surface area contributed by atoms with Gasteiger partial charge in [0.05, 0.1) is 0 Å². The van der Waals surface area contributed by atoms with E-state index in [2.05, 4.69) is 46.3 Å². The van der Waals surface area contributed by atoms with Crippen molar-refractivity contribution in [2.24, 2.45) is 5.92 Å². The normalized spacial score (nSPS) is 19.7. The zero-order chi connectivity index (χ0) is 13.9. The van der Waals surface area contributed by atoms with E-state index in [0.29, 0.717) is 0 Å². The van der Waals surface area contributed by atoms with Gasteiger partial charge in [-0.1, -0.05) is 6.92 Å². The summed E-state index contributed by atoms with van der Waals surface area (Å²) >= 11 is 0. The molecular weight excluding hydrogens is 250 g/mol. The van der Waals surface area contributed by atoms with Crippen LogP contribution in [0.3, 0.4) is 0 Å². The van der Waals surface area contributed by atoms with Gasteiger partial charge < -0.3 is 10.2 Å². The summed E-state index contributed by atoms with van der Waals surface area (Å²) in [5, 5.41) is 7.84. The minimum Gasteiger partial charge on any atom is -0.356 e. The number of nitrogens with one attached hydrogen (secondary N) is 1. The monoisotopic (exact) mass is 273 g/mol. The Labute approximate surface area is 120 Å². The number of nitrogens with zero attached hydrogens (tertiary/aromatic N) is 4. The fourth-order valence-electron chi connectivity index (χ4n) is 3.05. The van der Waals surface area contributed by atoms with Gasteiger partial charge in [0, 0.05) is 13.1 Å². The average Bonchev–Trinajstić information content (AvgIpc) is 2.92. The third-order valence-corrected chi connectivity index (χ3v) is 4.03. The number of fused-ring (bicyclic) bond motifs is 1. The molecule has 20 heavy (non-hydrogen) atoms. The summed E-state index contributed by atoms with van der Waals surface area (Å²) < 4.78 is 1.96. The highest BCUT2D eigenvalue weighted by Crippen LogP contribution is 2.24. The third-order valence-electron chi connectivity index (χ3n) is 4.03. The van der Waals surface area contributed by atoms with Crippen LogP contribution in [-0.2, 0) is 0 Å². The number of hydrogen-bond acceptors (Lipinski definition) is 4. The first-order valence-electron chi connectivity index (χ1n) is 7.54. The van der Waals surface area contributed by atoms with Gasteiger partial charge in [-0.3, -0.25) is 0 Å². The molecule has 1 fully saturated rings. The van der Waals surface area contributed by atoms with Gasteiger partial charge in [0.25, 0.3) is 0 Å². The maximum atomic E-state index is 4.37. The van der Waals surface area contributed by atoms with E-state index in [9.17, 15) is 0 Å². The Morgan fingerprint density at radius 3 is 3.15 bits per heavy atom. The van der Waals surface area contributed by atoms with Crippen LogP contribution in [0.5, 0.6) is 0 Å². The van der Waals surface area contributed by atoms with Crippen LogP contribution in [0.25, 0.3) is 5.65 Å². The van der Waals surface area contributed by atoms with Crippen molar-refractivity contribution in [3.63, 3.8) is 0 Å². The largest absolute Gasteiger partial charge is 0.356 e. The van der Waals surface area contributed by atoms with Gasteiger partial charge in [0.1, 0.15) is 12.1 Å². The summed E-state index contributed by atoms with van der Waals surface area (Å²) in [6.45, 7) is 8.67. The van der Waals surface area contributed by atoms with Gasteiger partial charge in [-0.05, 0) is 56.5 Å². The Balaban J connectivity index is 1.84. The van der Waals surface area contributed by atoms with Crippen molar-refractivity contribution >= 4 is 11.5 Å². The van der Waals surface area contributed by atoms with Crippen LogP contribution in [-0.4, -0.2) is 40.8 Å². The average molecular weight is 273 g/mol. The summed E-state index contributed by atoms with van der Waals surface area (Å²) in [4.78, 5) is 6.78. The van der Waals surface area contributed by atoms with Crippen LogP contribution in [0.4, 0.5) is 5.82 Å². The first kappa shape index (κ1) is 13.4. The molecular formula is C15H23N5. The fraction of sp³-hybridized carbons (Fsp3) is 0.600. The summed E-state index contributed by atoms with van der Waals surface area (Å²) in [5.74, 6) is 1.90. The molecule has 0 aliphatic carbocycles. The lowest BCUT2D eigenvalue weighted by Crippen LogP contribution is -2.40. The molecule has 0 saturated carbocycles. The second-order valence-corrected chi connectivity index (χ2v) is 5.68. The predicted molar refractivity (Wildman–Crippen MR) is 81.2 cm³/mol. The maximum Gasteiger partial charge on any atom is 0.157 e. The Morgan fingerprint density at radius 1 is 1.40 bits per heavy atom. The van der Waals surface area contributed by atoms with E-state index in [0.717, 1.165) is 37.7 Å². The molecule has 3 rings (SSSR count). The number of piperidine rings is 1. The Bertz CT molecular complexity index is 577. The molecule has 1 N–H and O–H groups in total. The van der Waals surface area contributed by atoms with E-state index in [1.807, 2.05) is 4.52 Å². The van der Waals surface area contributed by atoms with E-state index in [1.165, 1.54) is 24.2 Å². The first-order chi connectivity index (χ1) is 9.78. The zero-order valence-corrected chi connectivity index (χ0v) is 12.3. The Kier molecular flexibility index (Phi) is 3.87. The van der Waals surface area contributed by atoms with Gasteiger partial charge in [-0.2, -0.15) is 9.61 Å². The van der Waals surface area contributed by atoms with Crippen LogP contribution < -0.4 is 10.2 Å². The SMILES string of the molecule is CCNCC1CCCN(c2cc(C)cc3ncnn23)C1.